The summed E-state index contributed by atoms with van der Waals surface area (Å²) in [6.07, 6.45) is -20.1. The van der Waals surface area contributed by atoms with Crippen molar-refractivity contribution in [2.45, 2.75) is 35.9 Å². The van der Waals surface area contributed by atoms with Crippen LogP contribution in [0.15, 0.2) is 53.4 Å². The highest BCUT2D eigenvalue weighted by Crippen LogP contribution is 2.38. The van der Waals surface area contributed by atoms with E-state index in [-0.39, 0.29) is 23.8 Å². The Kier molecular flexibility index (Phi) is 6.48. The summed E-state index contributed by atoms with van der Waals surface area (Å²) in [5.41, 5.74) is -4.03. The lowest BCUT2D eigenvalue weighted by Crippen LogP contribution is -2.36. The summed E-state index contributed by atoms with van der Waals surface area (Å²) < 4.78 is 145. The molecule has 0 bridgehead atoms. The van der Waals surface area contributed by atoms with Gasteiger partial charge >= 0.3 is 18.5 Å². The van der Waals surface area contributed by atoms with E-state index in [4.69, 9.17) is 0 Å². The first-order chi connectivity index (χ1) is 13.5. The number of hydrogen-bond donors (Lipinski definition) is 0. The van der Waals surface area contributed by atoms with Crippen LogP contribution in [-0.2, 0) is 33.1 Å². The summed E-state index contributed by atoms with van der Waals surface area (Å²) in [5.74, 6) is 0. The van der Waals surface area contributed by atoms with Gasteiger partial charge in [-0.1, -0.05) is 30.3 Å². The second-order valence-corrected chi connectivity index (χ2v) is 7.58. The van der Waals surface area contributed by atoms with E-state index in [9.17, 15) is 47.9 Å². The van der Waals surface area contributed by atoms with E-state index in [0.717, 1.165) is 0 Å². The molecule has 3 nitrogen and oxygen atoms in total. The first-order valence-corrected chi connectivity index (χ1v) is 9.24. The number of hydrogen-bond acceptors (Lipinski definition) is 3. The minimum absolute atomic E-state index is 0.0185. The standard InChI is InChI=1S/C17H11F9O3S/c18-15(19,20)11-7-12(16(21,22)23)9-13(8-11)30(27,28)29-14(17(24,25)26)6-10-4-2-1-3-5-10/h1-5,7-9,14H,6H2/t14-/m0/s1. The molecule has 166 valence electrons. The Hall–Kier alpha value is -2.28. The molecule has 0 aliphatic carbocycles. The third kappa shape index (κ3) is 6.11. The highest BCUT2D eigenvalue weighted by atomic mass is 32.2. The fourth-order valence-electron chi connectivity index (χ4n) is 2.31. The highest BCUT2D eigenvalue weighted by Gasteiger charge is 2.45. The summed E-state index contributed by atoms with van der Waals surface area (Å²) in [5, 5.41) is 0. The van der Waals surface area contributed by atoms with Crippen LogP contribution in [0, 0.1) is 0 Å². The van der Waals surface area contributed by atoms with E-state index < -0.39 is 57.2 Å². The topological polar surface area (TPSA) is 43.4 Å². The van der Waals surface area contributed by atoms with Crippen LogP contribution in [0.1, 0.15) is 16.7 Å². The second-order valence-electron chi connectivity index (χ2n) is 6.01. The molecule has 13 heteroatoms. The summed E-state index contributed by atoms with van der Waals surface area (Å²) in [6.45, 7) is 0. The summed E-state index contributed by atoms with van der Waals surface area (Å²) in [7, 11) is -5.65. The van der Waals surface area contributed by atoms with Gasteiger partial charge in [0.25, 0.3) is 10.1 Å². The third-order valence-electron chi connectivity index (χ3n) is 3.72. The minimum Gasteiger partial charge on any atom is -0.253 e. The van der Waals surface area contributed by atoms with Crippen molar-refractivity contribution in [3.05, 3.63) is 65.2 Å². The Labute approximate surface area is 164 Å². The zero-order valence-electron chi connectivity index (χ0n) is 14.4. The van der Waals surface area contributed by atoms with Crippen LogP contribution in [0.2, 0.25) is 0 Å². The van der Waals surface area contributed by atoms with Gasteiger partial charge in [0.1, 0.15) is 0 Å². The van der Waals surface area contributed by atoms with Crippen molar-refractivity contribution < 1.29 is 52.1 Å². The number of rotatable bonds is 5. The average molecular weight is 466 g/mol. The van der Waals surface area contributed by atoms with Gasteiger partial charge in [0, 0.05) is 6.42 Å². The SMILES string of the molecule is O=S(=O)(O[C@@H](Cc1ccccc1)C(F)(F)F)c1cc(C(F)(F)F)cc(C(F)(F)F)c1. The lowest BCUT2D eigenvalue weighted by Gasteiger charge is -2.21. The van der Waals surface area contributed by atoms with Gasteiger partial charge in [-0.05, 0) is 23.8 Å². The van der Waals surface area contributed by atoms with Gasteiger partial charge in [-0.2, -0.15) is 47.9 Å². The van der Waals surface area contributed by atoms with Crippen LogP contribution in [0.3, 0.4) is 0 Å². The summed E-state index contributed by atoms with van der Waals surface area (Å²) in [4.78, 5) is -1.70. The maximum Gasteiger partial charge on any atom is 0.416 e. The largest absolute Gasteiger partial charge is 0.416 e. The van der Waals surface area contributed by atoms with E-state index in [0.29, 0.717) is 0 Å². The molecule has 2 rings (SSSR count). The van der Waals surface area contributed by atoms with Gasteiger partial charge in [-0.3, -0.25) is 4.18 Å². The molecule has 1 atom stereocenters. The molecule has 0 unspecified atom stereocenters. The van der Waals surface area contributed by atoms with Gasteiger partial charge < -0.3 is 0 Å². The number of halogens is 9. The van der Waals surface area contributed by atoms with Crippen molar-refractivity contribution in [1.29, 1.82) is 0 Å². The van der Waals surface area contributed by atoms with Crippen LogP contribution < -0.4 is 0 Å². The Morgan fingerprint density at radius 2 is 1.23 bits per heavy atom. The normalized spacial score (nSPS) is 14.6. The van der Waals surface area contributed by atoms with Crippen molar-refractivity contribution in [2.75, 3.05) is 0 Å². The van der Waals surface area contributed by atoms with E-state index in [1.807, 2.05) is 0 Å². The van der Waals surface area contributed by atoms with Crippen LogP contribution in [0.5, 0.6) is 0 Å². The first-order valence-electron chi connectivity index (χ1n) is 7.83. The smallest absolute Gasteiger partial charge is 0.253 e. The third-order valence-corrected chi connectivity index (χ3v) is 5.02. The molecule has 0 saturated heterocycles. The van der Waals surface area contributed by atoms with Crippen molar-refractivity contribution in [3.8, 4) is 0 Å². The Bertz CT molecular complexity index is 946. The zero-order chi connectivity index (χ0) is 23.0. The van der Waals surface area contributed by atoms with Crippen LogP contribution in [-0.4, -0.2) is 20.7 Å². The molecule has 2 aromatic rings. The van der Waals surface area contributed by atoms with Gasteiger partial charge in [0.05, 0.1) is 16.0 Å². The predicted molar refractivity (Wildman–Crippen MR) is 84.7 cm³/mol. The summed E-state index contributed by atoms with van der Waals surface area (Å²) >= 11 is 0. The highest BCUT2D eigenvalue weighted by molar-refractivity contribution is 7.86. The molecule has 0 fully saturated rings. The molecular weight excluding hydrogens is 455 g/mol. The Balaban J connectivity index is 2.50. The maximum absolute atomic E-state index is 13.2. The molecule has 0 aromatic heterocycles. The van der Waals surface area contributed by atoms with Gasteiger partial charge in [-0.25, -0.2) is 0 Å². The lowest BCUT2D eigenvalue weighted by molar-refractivity contribution is -0.193. The monoisotopic (exact) mass is 466 g/mol. The predicted octanol–water partition coefficient (Wildman–Crippen LogP) is 5.60. The fourth-order valence-corrected chi connectivity index (χ4v) is 3.45. The molecule has 0 spiro atoms. The van der Waals surface area contributed by atoms with Crippen molar-refractivity contribution in [1.82, 2.24) is 0 Å². The molecular formula is C17H11F9O3S. The van der Waals surface area contributed by atoms with E-state index >= 15 is 0 Å². The van der Waals surface area contributed by atoms with Crippen LogP contribution >= 0.6 is 0 Å². The zero-order valence-corrected chi connectivity index (χ0v) is 15.3. The van der Waals surface area contributed by atoms with Gasteiger partial charge in [0.15, 0.2) is 6.10 Å². The van der Waals surface area contributed by atoms with Gasteiger partial charge in [-0.15, -0.1) is 0 Å². The van der Waals surface area contributed by atoms with Crippen molar-refractivity contribution in [2.24, 2.45) is 0 Å². The fraction of sp³-hybridized carbons (Fsp3) is 0.294. The second kappa shape index (κ2) is 8.10. The first kappa shape index (κ1) is 24.0. The quantitative estimate of drug-likeness (QED) is 0.426. The van der Waals surface area contributed by atoms with Crippen LogP contribution in [0.25, 0.3) is 0 Å². The molecule has 0 saturated carbocycles. The van der Waals surface area contributed by atoms with Crippen LogP contribution in [0.4, 0.5) is 39.5 Å². The van der Waals surface area contributed by atoms with E-state index in [1.165, 1.54) is 30.3 Å². The number of benzene rings is 2. The Morgan fingerprint density at radius 3 is 1.63 bits per heavy atom. The molecule has 30 heavy (non-hydrogen) atoms. The molecule has 0 aliphatic heterocycles. The molecule has 0 radical (unpaired) electrons. The maximum atomic E-state index is 13.2. The molecule has 0 amide bonds. The average Bonchev–Trinajstić information content (AvgIpc) is 2.59. The molecule has 2 aromatic carbocycles. The van der Waals surface area contributed by atoms with Crippen molar-refractivity contribution >= 4 is 10.1 Å². The molecule has 0 N–H and O–H groups in total. The van der Waals surface area contributed by atoms with E-state index in [1.54, 1.807) is 0 Å². The summed E-state index contributed by atoms with van der Waals surface area (Å²) in [6, 6.07) is 5.77. The lowest BCUT2D eigenvalue weighted by atomic mass is 10.1. The van der Waals surface area contributed by atoms with Crippen molar-refractivity contribution in [3.63, 3.8) is 0 Å². The number of alkyl halides is 9. The van der Waals surface area contributed by atoms with E-state index in [2.05, 4.69) is 4.18 Å². The molecule has 0 heterocycles. The van der Waals surface area contributed by atoms with Gasteiger partial charge in [0.2, 0.25) is 0 Å². The minimum atomic E-state index is -5.65. The molecule has 0 aliphatic rings. The Morgan fingerprint density at radius 1 is 0.767 bits per heavy atom.